The molecule has 10 amide bonds. The smallest absolute Gasteiger partial charge is 0.239 e. The van der Waals surface area contributed by atoms with Crippen LogP contribution in [0.5, 0.6) is 0 Å². The number of nitrogens with zero attached hydrogens (tertiary/aromatic N) is 3. The van der Waals surface area contributed by atoms with Crippen LogP contribution in [0.25, 0.3) is 5.73 Å². The molecule has 82 heavy (non-hydrogen) atoms. The van der Waals surface area contributed by atoms with Crippen molar-refractivity contribution < 1.29 is 93.0 Å². The molecular weight excluding hydrogens is 1240 g/mol. The molecule has 0 radical (unpaired) electrons. The Balaban J connectivity index is -0.000000615. The zero-order valence-electron chi connectivity index (χ0n) is 50.2. The molecule has 26 heteroatoms. The van der Waals surface area contributed by atoms with Crippen molar-refractivity contribution >= 4 is 88.0 Å². The Morgan fingerprint density at radius 1 is 0.305 bits per heavy atom. The number of Topliss-reactive ketones (excluding diaryl/α,β-unsaturated/α-hetero) is 5. The first-order chi connectivity index (χ1) is 38.5. The summed E-state index contributed by atoms with van der Waals surface area (Å²) in [6.07, 6.45) is 11.0. The third-order valence-electron chi connectivity index (χ3n) is 12.3. The van der Waals surface area contributed by atoms with E-state index >= 15 is 0 Å². The number of amides is 10. The van der Waals surface area contributed by atoms with Gasteiger partial charge in [-0.15, -0.1) is 0 Å². The number of carbonyl (C=O) groups is 15. The van der Waals surface area contributed by atoms with Crippen molar-refractivity contribution in [3.8, 4) is 0 Å². The number of hydrogen-bond donors (Lipinski definition) is 6. The topological polar surface area (TPSA) is 362 Å². The number of unbranched alkanes of at least 4 members (excludes halogenated alkanes) is 7. The van der Waals surface area contributed by atoms with Gasteiger partial charge in [-0.1, -0.05) is 40.0 Å². The third kappa shape index (κ3) is 49.5. The summed E-state index contributed by atoms with van der Waals surface area (Å²) in [6.45, 7) is 4.88. The minimum absolute atomic E-state index is 0. The molecule has 0 saturated heterocycles. The summed E-state index contributed by atoms with van der Waals surface area (Å²) >= 11 is 0. The van der Waals surface area contributed by atoms with Crippen LogP contribution in [-0.4, -0.2) is 184 Å². The number of nitrogens with one attached hydrogen (secondary N) is 7. The van der Waals surface area contributed by atoms with Crippen molar-refractivity contribution in [2.24, 2.45) is 0 Å². The minimum Gasteiger partial charge on any atom is -0.668 e. The fourth-order valence-electron chi connectivity index (χ4n) is 7.17. The van der Waals surface area contributed by atoms with Crippen LogP contribution in [-0.2, 0) is 93.0 Å². The van der Waals surface area contributed by atoms with E-state index in [-0.39, 0.29) is 182 Å². The molecule has 0 aromatic heterocycles. The maximum atomic E-state index is 12.8. The Kier molecular flexibility index (Phi) is 54.1. The van der Waals surface area contributed by atoms with Crippen molar-refractivity contribution in [2.75, 3.05) is 81.1 Å². The van der Waals surface area contributed by atoms with Crippen LogP contribution in [0.4, 0.5) is 0 Å². The zero-order valence-corrected chi connectivity index (χ0v) is 53.1. The molecule has 0 unspecified atom stereocenters. The number of ketones is 5. The van der Waals surface area contributed by atoms with Gasteiger partial charge >= 0.3 is 0 Å². The van der Waals surface area contributed by atoms with Gasteiger partial charge in [0.25, 0.3) is 0 Å². The van der Waals surface area contributed by atoms with Crippen LogP contribution in [0, 0.1) is 0 Å². The van der Waals surface area contributed by atoms with E-state index in [2.05, 4.69) is 31.9 Å². The fraction of sp³-hybridized carbons (Fsp3) is 0.732. The van der Waals surface area contributed by atoms with Crippen molar-refractivity contribution in [1.29, 1.82) is 0 Å². The second-order valence-electron chi connectivity index (χ2n) is 19.2. The first-order valence-corrected chi connectivity index (χ1v) is 28.4. The average Bonchev–Trinajstić information content (AvgIpc) is 3.47. The van der Waals surface area contributed by atoms with Crippen LogP contribution in [0.3, 0.4) is 0 Å². The number of hydrogen-bond acceptors (Lipinski definition) is 15. The summed E-state index contributed by atoms with van der Waals surface area (Å²) in [5, 5.41) is 15.2. The maximum absolute atomic E-state index is 12.8. The van der Waals surface area contributed by atoms with Crippen molar-refractivity contribution in [3.05, 3.63) is 5.73 Å². The maximum Gasteiger partial charge on any atom is 0.239 e. The third-order valence-corrected chi connectivity index (χ3v) is 12.3. The fourth-order valence-corrected chi connectivity index (χ4v) is 7.17. The Morgan fingerprint density at radius 2 is 0.610 bits per heavy atom. The molecule has 0 aliphatic heterocycles. The molecule has 7 N–H and O–H groups in total. The summed E-state index contributed by atoms with van der Waals surface area (Å²) in [5.74, 6) is -3.34. The normalized spacial score (nSPS) is 10.0. The van der Waals surface area contributed by atoms with Gasteiger partial charge in [0.05, 0.1) is 39.3 Å². The van der Waals surface area contributed by atoms with Gasteiger partial charge in [-0.05, 0) is 64.2 Å². The number of carbonyl (C=O) groups excluding carboxylic acids is 15. The van der Waals surface area contributed by atoms with Crippen LogP contribution in [0.15, 0.2) is 0 Å². The molecule has 0 rings (SSSR count). The molecule has 0 fully saturated rings. The quantitative estimate of drug-likeness (QED) is 0.0478. The van der Waals surface area contributed by atoms with Gasteiger partial charge in [-0.2, -0.15) is 0 Å². The SMILES string of the molecule is CCC(=O)CN(CC(=O)NC)C(=O)CCC(=O)CCCCC(=O)NC.CCCC(=O)N(CC(=O)CC)CC(=O)NC.CNC(=O)CCCCCCC(=O)CN(CC(=O)NCCCCCC(=O)NC)C(=O)CCC(=O)CCCCC([NH-])=O.[W]. The Hall–Kier alpha value is -6.26. The van der Waals surface area contributed by atoms with E-state index in [9.17, 15) is 71.9 Å². The van der Waals surface area contributed by atoms with Gasteiger partial charge in [0.15, 0.2) is 17.3 Å². The molecule has 0 spiro atoms. The molecule has 0 aromatic carbocycles. The summed E-state index contributed by atoms with van der Waals surface area (Å²) in [5.41, 5.74) is 6.89. The van der Waals surface area contributed by atoms with E-state index in [1.165, 1.54) is 28.8 Å². The first-order valence-electron chi connectivity index (χ1n) is 28.4. The van der Waals surface area contributed by atoms with E-state index in [0.717, 1.165) is 25.7 Å². The van der Waals surface area contributed by atoms with Crippen LogP contribution in [0.2, 0.25) is 0 Å². The summed E-state index contributed by atoms with van der Waals surface area (Å²) in [4.78, 5) is 179. The summed E-state index contributed by atoms with van der Waals surface area (Å²) in [7, 11) is 7.69. The van der Waals surface area contributed by atoms with Crippen molar-refractivity contribution in [2.45, 2.75) is 188 Å². The monoisotopic (exact) mass is 1330 g/mol. The molecule has 0 atom stereocenters. The summed E-state index contributed by atoms with van der Waals surface area (Å²) < 4.78 is 0. The zero-order chi connectivity index (χ0) is 62.0. The predicted molar refractivity (Wildman–Crippen MR) is 305 cm³/mol. The van der Waals surface area contributed by atoms with E-state index in [4.69, 9.17) is 5.73 Å². The minimum atomic E-state index is -0.672. The van der Waals surface area contributed by atoms with E-state index in [0.29, 0.717) is 96.4 Å². The first kappa shape index (κ1) is 82.2. The second-order valence-corrected chi connectivity index (χ2v) is 19.2. The van der Waals surface area contributed by atoms with E-state index in [1.54, 1.807) is 35.0 Å². The Bertz CT molecular complexity index is 1930. The van der Waals surface area contributed by atoms with Crippen LogP contribution < -0.4 is 31.9 Å². The molecule has 0 saturated carbocycles. The standard InChI is InChI=1S/C28H49N5O7.C17H29N3O5.C11H20N2O3.W/c1-30-25(37)15-7-4-3-6-13-23(35)20-33(21-27(39)32-19-11-5-8-16-26(38)31-2)28(40)18-17-22(34)12-9-10-14-24(29)36;1-4-13(21)11-20(12-16(24)19-3)17(25)10-9-14(22)7-5-6-8-15(23)18-2;1-4-6-11(16)13(7-9(14)5-2)8-10(15)12-3;/h3-21H2,1-2H3,(H5,29,30,31,32,36,37,38,39);4-12H2,1-3H3,(H,18,23)(H,19,24);4-8H2,1-3H3,(H,12,15);/p-1. The van der Waals surface area contributed by atoms with E-state index < -0.39 is 17.7 Å². The molecule has 0 bridgehead atoms. The molecule has 0 aliphatic carbocycles. The Morgan fingerprint density at radius 3 is 0.976 bits per heavy atom. The van der Waals surface area contributed by atoms with Crippen LogP contribution >= 0.6 is 0 Å². The molecule has 0 aromatic rings. The van der Waals surface area contributed by atoms with Gasteiger partial charge < -0.3 is 57.1 Å². The summed E-state index contributed by atoms with van der Waals surface area (Å²) in [6, 6.07) is 0. The number of likely N-dealkylation sites (N-methyl/N-ethyl adjacent to an activating group) is 2. The molecule has 0 aliphatic rings. The second kappa shape index (κ2) is 54.0. The van der Waals surface area contributed by atoms with Gasteiger partial charge in [0.2, 0.25) is 53.2 Å². The van der Waals surface area contributed by atoms with Crippen molar-refractivity contribution in [3.63, 3.8) is 0 Å². The Labute approximate surface area is 500 Å². The molecular formula is C56H97N10O15W-. The van der Waals surface area contributed by atoms with Crippen molar-refractivity contribution in [1.82, 2.24) is 46.6 Å². The van der Waals surface area contributed by atoms with E-state index in [1.807, 2.05) is 6.92 Å². The van der Waals surface area contributed by atoms with Gasteiger partial charge in [0, 0.05) is 152 Å². The van der Waals surface area contributed by atoms with Gasteiger partial charge in [-0.3, -0.25) is 67.1 Å². The molecule has 468 valence electrons. The van der Waals surface area contributed by atoms with Crippen LogP contribution in [0.1, 0.15) is 188 Å². The largest absolute Gasteiger partial charge is 0.668 e. The van der Waals surface area contributed by atoms with Gasteiger partial charge in [0.1, 0.15) is 11.6 Å². The predicted octanol–water partition coefficient (Wildman–Crippen LogP) is 2.92. The molecule has 25 nitrogen and oxygen atoms in total. The number of rotatable bonds is 45. The molecule has 0 heterocycles. The average molecular weight is 1330 g/mol. The van der Waals surface area contributed by atoms with Gasteiger partial charge in [-0.25, -0.2) is 0 Å².